The normalized spacial score (nSPS) is 34.9. The van der Waals surface area contributed by atoms with Gasteiger partial charge in [-0.2, -0.15) is 0 Å². The van der Waals surface area contributed by atoms with Gasteiger partial charge in [0.2, 0.25) is 0 Å². The lowest BCUT2D eigenvalue weighted by Gasteiger charge is -2.13. The number of rotatable bonds is 4. The summed E-state index contributed by atoms with van der Waals surface area (Å²) < 4.78 is 4.88. The van der Waals surface area contributed by atoms with Crippen LogP contribution < -0.4 is 0 Å². The van der Waals surface area contributed by atoms with Gasteiger partial charge < -0.3 is 14.6 Å². The van der Waals surface area contributed by atoms with E-state index in [4.69, 9.17) is 9.84 Å². The second-order valence-corrected chi connectivity index (χ2v) is 4.02. The average molecular weight is 224 g/mol. The lowest BCUT2D eigenvalue weighted by atomic mass is 9.94. The molecule has 0 amide bonds. The zero-order valence-corrected chi connectivity index (χ0v) is 8.80. The molecule has 0 bridgehead atoms. The van der Waals surface area contributed by atoms with Crippen LogP contribution in [0.4, 0.5) is 0 Å². The third-order valence-corrected chi connectivity index (χ3v) is 3.45. The monoisotopic (exact) mass is 224 g/mol. The predicted octanol–water partition coefficient (Wildman–Crippen LogP) is 0.395. The van der Waals surface area contributed by atoms with Crippen molar-refractivity contribution in [2.45, 2.75) is 13.3 Å². The van der Waals surface area contributed by atoms with E-state index in [2.05, 4.69) is 0 Å². The van der Waals surface area contributed by atoms with Gasteiger partial charge in [0.15, 0.2) is 0 Å². The standard InChI is InChI=1S/C11H12O5/c1-2-16-10(15)11-6(8(11)5-12)3-4-7(11)9(13)14/h4-6,8H,2-3H2,1H3,(H,13,14)/t6-,8+,11-/m0/s1. The van der Waals surface area contributed by atoms with Crippen LogP contribution >= 0.6 is 0 Å². The lowest BCUT2D eigenvalue weighted by molar-refractivity contribution is -0.151. The predicted molar refractivity (Wildman–Crippen MR) is 52.4 cm³/mol. The van der Waals surface area contributed by atoms with Crippen LogP contribution in [0, 0.1) is 17.3 Å². The number of carbonyl (C=O) groups excluding carboxylic acids is 2. The summed E-state index contributed by atoms with van der Waals surface area (Å²) in [5, 5.41) is 9.01. The molecular formula is C11H12O5. The van der Waals surface area contributed by atoms with Gasteiger partial charge in [-0.1, -0.05) is 6.08 Å². The van der Waals surface area contributed by atoms with Crippen molar-refractivity contribution in [3.8, 4) is 0 Å². The smallest absolute Gasteiger partial charge is 0.332 e. The quantitative estimate of drug-likeness (QED) is 0.552. The topological polar surface area (TPSA) is 80.7 Å². The van der Waals surface area contributed by atoms with E-state index in [0.717, 1.165) is 0 Å². The Labute approximate surface area is 92.1 Å². The Morgan fingerprint density at radius 2 is 2.38 bits per heavy atom. The Bertz CT molecular complexity index is 397. The number of hydrogen-bond donors (Lipinski definition) is 1. The van der Waals surface area contributed by atoms with Gasteiger partial charge >= 0.3 is 11.9 Å². The molecule has 5 nitrogen and oxygen atoms in total. The van der Waals surface area contributed by atoms with Crippen molar-refractivity contribution in [2.75, 3.05) is 6.61 Å². The van der Waals surface area contributed by atoms with E-state index >= 15 is 0 Å². The second kappa shape index (κ2) is 3.43. The molecule has 0 radical (unpaired) electrons. The molecule has 3 atom stereocenters. The molecule has 2 aliphatic carbocycles. The fourth-order valence-electron chi connectivity index (χ4n) is 2.73. The molecule has 0 aliphatic heterocycles. The summed E-state index contributed by atoms with van der Waals surface area (Å²) in [5.41, 5.74) is -1.17. The molecule has 0 spiro atoms. The first-order chi connectivity index (χ1) is 7.60. The highest BCUT2D eigenvalue weighted by atomic mass is 16.5. The SMILES string of the molecule is CCOC(=O)[C@]12C(C(=O)O)=CC[C@H]1[C@H]2C=O. The summed E-state index contributed by atoms with van der Waals surface area (Å²) >= 11 is 0. The van der Waals surface area contributed by atoms with Gasteiger partial charge in [-0.15, -0.1) is 0 Å². The second-order valence-electron chi connectivity index (χ2n) is 4.02. The molecule has 86 valence electrons. The Balaban J connectivity index is 2.35. The van der Waals surface area contributed by atoms with Crippen LogP contribution in [0.5, 0.6) is 0 Å². The number of fused-ring (bicyclic) bond motifs is 1. The number of esters is 1. The maximum absolute atomic E-state index is 11.8. The highest BCUT2D eigenvalue weighted by Gasteiger charge is 2.75. The van der Waals surface area contributed by atoms with E-state index in [1.54, 1.807) is 6.92 Å². The minimum Gasteiger partial charge on any atom is -0.478 e. The maximum atomic E-state index is 11.8. The summed E-state index contributed by atoms with van der Waals surface area (Å²) in [7, 11) is 0. The minimum atomic E-state index is -1.19. The van der Waals surface area contributed by atoms with Crippen LogP contribution in [0.25, 0.3) is 0 Å². The van der Waals surface area contributed by atoms with Gasteiger partial charge in [0.05, 0.1) is 12.2 Å². The molecule has 1 saturated carbocycles. The molecule has 0 saturated heterocycles. The lowest BCUT2D eigenvalue weighted by Crippen LogP contribution is -2.27. The Hall–Kier alpha value is -1.65. The third-order valence-electron chi connectivity index (χ3n) is 3.45. The summed E-state index contributed by atoms with van der Waals surface area (Å²) in [5.74, 6) is -2.46. The van der Waals surface area contributed by atoms with E-state index in [1.165, 1.54) is 6.08 Å². The Kier molecular flexibility index (Phi) is 2.33. The number of allylic oxidation sites excluding steroid dienone is 1. The number of aliphatic carboxylic acids is 1. The summed E-state index contributed by atoms with van der Waals surface area (Å²) in [6, 6.07) is 0. The third kappa shape index (κ3) is 1.08. The molecule has 0 heterocycles. The first-order valence-corrected chi connectivity index (χ1v) is 5.17. The number of carboxylic acids is 1. The molecule has 5 heteroatoms. The van der Waals surface area contributed by atoms with E-state index in [9.17, 15) is 14.4 Å². The first kappa shape index (κ1) is 10.9. The van der Waals surface area contributed by atoms with E-state index in [-0.39, 0.29) is 18.1 Å². The molecule has 0 aromatic carbocycles. The molecule has 0 unspecified atom stereocenters. The van der Waals surface area contributed by atoms with Crippen LogP contribution in [0.1, 0.15) is 13.3 Å². The fourth-order valence-corrected chi connectivity index (χ4v) is 2.73. The Morgan fingerprint density at radius 3 is 2.81 bits per heavy atom. The summed E-state index contributed by atoms with van der Waals surface area (Å²) in [4.78, 5) is 33.7. The fraction of sp³-hybridized carbons (Fsp3) is 0.545. The zero-order valence-electron chi connectivity index (χ0n) is 8.80. The molecular weight excluding hydrogens is 212 g/mol. The van der Waals surface area contributed by atoms with Crippen molar-refractivity contribution in [3.05, 3.63) is 11.6 Å². The first-order valence-electron chi connectivity index (χ1n) is 5.17. The number of aldehydes is 1. The van der Waals surface area contributed by atoms with Crippen LogP contribution in [-0.4, -0.2) is 29.9 Å². The van der Waals surface area contributed by atoms with Crippen LogP contribution in [-0.2, 0) is 19.1 Å². The molecule has 2 aliphatic rings. The van der Waals surface area contributed by atoms with Gasteiger partial charge in [0, 0.05) is 5.92 Å². The van der Waals surface area contributed by atoms with Gasteiger partial charge in [0.1, 0.15) is 11.7 Å². The maximum Gasteiger partial charge on any atom is 0.332 e. The largest absolute Gasteiger partial charge is 0.478 e. The summed E-state index contributed by atoms with van der Waals surface area (Å²) in [6.45, 7) is 1.84. The van der Waals surface area contributed by atoms with Gasteiger partial charge in [-0.05, 0) is 19.3 Å². The summed E-state index contributed by atoms with van der Waals surface area (Å²) in [6.07, 6.45) is 2.64. The van der Waals surface area contributed by atoms with Crippen LogP contribution in [0.15, 0.2) is 11.6 Å². The molecule has 0 aromatic rings. The molecule has 1 fully saturated rings. The van der Waals surface area contributed by atoms with Crippen molar-refractivity contribution >= 4 is 18.2 Å². The molecule has 16 heavy (non-hydrogen) atoms. The number of hydrogen-bond acceptors (Lipinski definition) is 4. The van der Waals surface area contributed by atoms with Gasteiger partial charge in [-0.25, -0.2) is 4.79 Å². The zero-order chi connectivity index (χ0) is 11.9. The number of carboxylic acid groups (broad SMARTS) is 1. The van der Waals surface area contributed by atoms with Crippen molar-refractivity contribution in [1.29, 1.82) is 0 Å². The minimum absolute atomic E-state index is 0.0213. The average Bonchev–Trinajstić information content (AvgIpc) is 2.71. The van der Waals surface area contributed by atoms with Crippen molar-refractivity contribution < 1.29 is 24.2 Å². The van der Waals surface area contributed by atoms with Gasteiger partial charge in [0.25, 0.3) is 0 Å². The number of ether oxygens (including phenoxy) is 1. The Morgan fingerprint density at radius 1 is 1.69 bits per heavy atom. The number of carbonyl (C=O) groups is 3. The van der Waals surface area contributed by atoms with E-state index in [0.29, 0.717) is 12.7 Å². The molecule has 0 aromatic heterocycles. The molecule has 1 N–H and O–H groups in total. The van der Waals surface area contributed by atoms with E-state index < -0.39 is 23.3 Å². The van der Waals surface area contributed by atoms with Crippen molar-refractivity contribution in [2.24, 2.45) is 17.3 Å². The van der Waals surface area contributed by atoms with Crippen molar-refractivity contribution in [3.63, 3.8) is 0 Å². The van der Waals surface area contributed by atoms with Crippen LogP contribution in [0.3, 0.4) is 0 Å². The van der Waals surface area contributed by atoms with Crippen LogP contribution in [0.2, 0.25) is 0 Å². The van der Waals surface area contributed by atoms with E-state index in [1.807, 2.05) is 0 Å². The molecule has 2 rings (SSSR count). The van der Waals surface area contributed by atoms with Crippen molar-refractivity contribution in [1.82, 2.24) is 0 Å². The highest BCUT2D eigenvalue weighted by Crippen LogP contribution is 2.68. The van der Waals surface area contributed by atoms with Gasteiger partial charge in [-0.3, -0.25) is 4.79 Å². The highest BCUT2D eigenvalue weighted by molar-refractivity contribution is 6.04.